The number of pyridine rings is 1. The molecule has 1 heterocycles. The van der Waals surface area contributed by atoms with Gasteiger partial charge in [-0.3, -0.25) is 4.79 Å². The summed E-state index contributed by atoms with van der Waals surface area (Å²) in [5, 5.41) is 11.8. The zero-order valence-electron chi connectivity index (χ0n) is 9.56. The van der Waals surface area contributed by atoms with E-state index >= 15 is 0 Å². The minimum absolute atomic E-state index is 0.103. The Morgan fingerprint density at radius 3 is 3.06 bits per heavy atom. The number of nitriles is 1. The third-order valence-corrected chi connectivity index (χ3v) is 1.94. The first-order valence-corrected chi connectivity index (χ1v) is 5.11. The molecule has 3 N–H and O–H groups in total. The minimum atomic E-state index is -0.503. The molecule has 0 fully saturated rings. The molecule has 0 radical (unpaired) electrons. The molecule has 0 aliphatic carbocycles. The van der Waals surface area contributed by atoms with Gasteiger partial charge < -0.3 is 15.8 Å². The van der Waals surface area contributed by atoms with E-state index in [0.717, 1.165) is 5.69 Å². The number of ether oxygens (including phenoxy) is 1. The summed E-state index contributed by atoms with van der Waals surface area (Å²) >= 11 is 0. The van der Waals surface area contributed by atoms with E-state index in [-0.39, 0.29) is 6.61 Å². The first-order valence-electron chi connectivity index (χ1n) is 5.11. The molecule has 0 saturated heterocycles. The van der Waals surface area contributed by atoms with E-state index in [9.17, 15) is 4.79 Å². The quantitative estimate of drug-likeness (QED) is 0.683. The van der Waals surface area contributed by atoms with Crippen LogP contribution in [0.3, 0.4) is 0 Å². The van der Waals surface area contributed by atoms with Gasteiger partial charge in [0, 0.05) is 12.2 Å². The molecule has 0 saturated carbocycles. The molecule has 0 aliphatic heterocycles. The van der Waals surface area contributed by atoms with Crippen LogP contribution in [0.25, 0.3) is 0 Å². The van der Waals surface area contributed by atoms with Crippen molar-refractivity contribution in [3.63, 3.8) is 0 Å². The third kappa shape index (κ3) is 4.49. The number of carbonyl (C=O) groups is 1. The largest absolute Gasteiger partial charge is 0.370 e. The summed E-state index contributed by atoms with van der Waals surface area (Å²) in [6.07, 6.45) is 0. The van der Waals surface area contributed by atoms with Gasteiger partial charge in [-0.2, -0.15) is 5.26 Å². The number of nitrogens with zero attached hydrogens (tertiary/aromatic N) is 2. The Morgan fingerprint density at radius 1 is 1.65 bits per heavy atom. The molecule has 0 bridgehead atoms. The normalized spacial score (nSPS) is 9.65. The maximum absolute atomic E-state index is 10.4. The Bertz CT molecular complexity index is 440. The second-order valence-corrected chi connectivity index (χ2v) is 3.41. The number of nitrogens with two attached hydrogens (primary N) is 1. The van der Waals surface area contributed by atoms with Crippen LogP contribution in [0.5, 0.6) is 0 Å². The second-order valence-electron chi connectivity index (χ2n) is 3.41. The maximum Gasteiger partial charge on any atom is 0.243 e. The lowest BCUT2D eigenvalue weighted by Crippen LogP contribution is -2.21. The van der Waals surface area contributed by atoms with Gasteiger partial charge in [0.1, 0.15) is 18.5 Å². The van der Waals surface area contributed by atoms with E-state index in [1.54, 1.807) is 12.1 Å². The van der Waals surface area contributed by atoms with Crippen LogP contribution in [0, 0.1) is 18.3 Å². The van der Waals surface area contributed by atoms with Gasteiger partial charge in [0.2, 0.25) is 5.91 Å². The Morgan fingerprint density at radius 2 is 2.41 bits per heavy atom. The van der Waals surface area contributed by atoms with Crippen molar-refractivity contribution in [1.82, 2.24) is 4.98 Å². The summed E-state index contributed by atoms with van der Waals surface area (Å²) < 4.78 is 4.97. The van der Waals surface area contributed by atoms with Crippen molar-refractivity contribution < 1.29 is 9.53 Å². The average Bonchev–Trinajstić information content (AvgIpc) is 2.28. The zero-order chi connectivity index (χ0) is 12.7. The van der Waals surface area contributed by atoms with Crippen molar-refractivity contribution in [3.05, 3.63) is 23.4 Å². The third-order valence-electron chi connectivity index (χ3n) is 1.94. The van der Waals surface area contributed by atoms with Gasteiger partial charge in [-0.25, -0.2) is 4.98 Å². The molecule has 0 aromatic carbocycles. The summed E-state index contributed by atoms with van der Waals surface area (Å²) in [4.78, 5) is 14.6. The first-order chi connectivity index (χ1) is 8.13. The lowest BCUT2D eigenvalue weighted by atomic mass is 10.2. The molecule has 17 heavy (non-hydrogen) atoms. The van der Waals surface area contributed by atoms with Gasteiger partial charge in [-0.05, 0) is 19.1 Å². The Labute approximate surface area is 99.4 Å². The Hall–Kier alpha value is -2.13. The van der Waals surface area contributed by atoms with E-state index in [1.165, 1.54) is 0 Å². The van der Waals surface area contributed by atoms with Gasteiger partial charge in [0.25, 0.3) is 0 Å². The standard InChI is InChI=1S/C11H14N4O2/c1-8-2-3-9(6-12)11(15-8)14-4-5-17-7-10(13)16/h2-3H,4-5,7H2,1H3,(H2,13,16)(H,14,15). The van der Waals surface area contributed by atoms with Crippen molar-refractivity contribution in [1.29, 1.82) is 5.26 Å². The number of carbonyl (C=O) groups excluding carboxylic acids is 1. The smallest absolute Gasteiger partial charge is 0.243 e. The van der Waals surface area contributed by atoms with Crippen molar-refractivity contribution in [3.8, 4) is 6.07 Å². The summed E-state index contributed by atoms with van der Waals surface area (Å²) in [5.74, 6) is 0.0200. The van der Waals surface area contributed by atoms with E-state index < -0.39 is 5.91 Å². The maximum atomic E-state index is 10.4. The van der Waals surface area contributed by atoms with Crippen molar-refractivity contribution in [2.24, 2.45) is 5.73 Å². The lowest BCUT2D eigenvalue weighted by molar-refractivity contribution is -0.122. The fourth-order valence-electron chi connectivity index (χ4n) is 1.20. The van der Waals surface area contributed by atoms with E-state index in [4.69, 9.17) is 15.7 Å². The van der Waals surface area contributed by atoms with Crippen LogP contribution in [0.4, 0.5) is 5.82 Å². The van der Waals surface area contributed by atoms with E-state index in [1.807, 2.05) is 13.0 Å². The Balaban J connectivity index is 2.43. The lowest BCUT2D eigenvalue weighted by Gasteiger charge is -2.07. The van der Waals surface area contributed by atoms with Gasteiger partial charge in [0.05, 0.1) is 12.2 Å². The molecule has 0 spiro atoms. The topological polar surface area (TPSA) is 101 Å². The number of hydrogen-bond acceptors (Lipinski definition) is 5. The molecule has 1 aromatic rings. The predicted molar refractivity (Wildman–Crippen MR) is 62.2 cm³/mol. The van der Waals surface area contributed by atoms with Crippen molar-refractivity contribution in [2.75, 3.05) is 25.1 Å². The fraction of sp³-hybridized carbons (Fsp3) is 0.364. The molecule has 1 aromatic heterocycles. The molecule has 0 unspecified atom stereocenters. The molecular weight excluding hydrogens is 220 g/mol. The number of aromatic nitrogens is 1. The Kier molecular flexibility index (Phi) is 4.91. The SMILES string of the molecule is Cc1ccc(C#N)c(NCCOCC(N)=O)n1. The van der Waals surface area contributed by atoms with Crippen LogP contribution in [-0.2, 0) is 9.53 Å². The average molecular weight is 234 g/mol. The van der Waals surface area contributed by atoms with Gasteiger partial charge >= 0.3 is 0 Å². The predicted octanol–water partition coefficient (Wildman–Crippen LogP) is 0.175. The molecule has 6 heteroatoms. The highest BCUT2D eigenvalue weighted by Crippen LogP contribution is 2.11. The molecule has 1 rings (SSSR count). The van der Waals surface area contributed by atoms with Crippen LogP contribution in [0.1, 0.15) is 11.3 Å². The number of hydrogen-bond donors (Lipinski definition) is 2. The highest BCUT2D eigenvalue weighted by molar-refractivity contribution is 5.74. The van der Waals surface area contributed by atoms with Crippen LogP contribution < -0.4 is 11.1 Å². The van der Waals surface area contributed by atoms with E-state index in [0.29, 0.717) is 24.5 Å². The summed E-state index contributed by atoms with van der Waals surface area (Å²) in [7, 11) is 0. The molecule has 90 valence electrons. The molecular formula is C11H14N4O2. The summed E-state index contributed by atoms with van der Waals surface area (Å²) in [5.41, 5.74) is 6.21. The van der Waals surface area contributed by atoms with Crippen molar-refractivity contribution in [2.45, 2.75) is 6.92 Å². The second kappa shape index (κ2) is 6.45. The van der Waals surface area contributed by atoms with Gasteiger partial charge in [-0.1, -0.05) is 0 Å². The highest BCUT2D eigenvalue weighted by Gasteiger charge is 2.03. The minimum Gasteiger partial charge on any atom is -0.370 e. The molecule has 6 nitrogen and oxygen atoms in total. The monoisotopic (exact) mass is 234 g/mol. The van der Waals surface area contributed by atoms with E-state index in [2.05, 4.69) is 10.3 Å². The highest BCUT2D eigenvalue weighted by atomic mass is 16.5. The first kappa shape index (κ1) is 12.9. The number of anilines is 1. The number of amides is 1. The number of rotatable bonds is 6. The number of aryl methyl sites for hydroxylation is 1. The van der Waals surface area contributed by atoms with Crippen molar-refractivity contribution >= 4 is 11.7 Å². The molecule has 0 aliphatic rings. The number of nitrogens with one attached hydrogen (secondary N) is 1. The van der Waals surface area contributed by atoms with Crippen LogP contribution in [0.15, 0.2) is 12.1 Å². The molecule has 0 atom stereocenters. The zero-order valence-corrected chi connectivity index (χ0v) is 9.56. The van der Waals surface area contributed by atoms with Gasteiger partial charge in [0.15, 0.2) is 0 Å². The molecule has 1 amide bonds. The fourth-order valence-corrected chi connectivity index (χ4v) is 1.20. The summed E-state index contributed by atoms with van der Waals surface area (Å²) in [6, 6.07) is 5.52. The van der Waals surface area contributed by atoms with Crippen LogP contribution in [0.2, 0.25) is 0 Å². The van der Waals surface area contributed by atoms with Crippen LogP contribution in [-0.4, -0.2) is 30.6 Å². The van der Waals surface area contributed by atoms with Gasteiger partial charge in [-0.15, -0.1) is 0 Å². The number of primary amides is 1. The summed E-state index contributed by atoms with van der Waals surface area (Å²) in [6.45, 7) is 2.52. The van der Waals surface area contributed by atoms with Crippen LogP contribution >= 0.6 is 0 Å².